The highest BCUT2D eigenvalue weighted by Crippen LogP contribution is 2.30. The summed E-state index contributed by atoms with van der Waals surface area (Å²) in [5.74, 6) is 0.183. The van der Waals surface area contributed by atoms with Gasteiger partial charge in [0.25, 0.3) is 0 Å². The van der Waals surface area contributed by atoms with Crippen molar-refractivity contribution in [3.8, 4) is 0 Å². The zero-order valence-corrected chi connectivity index (χ0v) is 17.7. The van der Waals surface area contributed by atoms with Crippen LogP contribution < -0.4 is 0 Å². The summed E-state index contributed by atoms with van der Waals surface area (Å²) >= 11 is 0. The van der Waals surface area contributed by atoms with E-state index in [1.54, 1.807) is 12.4 Å². The van der Waals surface area contributed by atoms with Crippen molar-refractivity contribution in [2.24, 2.45) is 0 Å². The number of piperidine rings is 1. The van der Waals surface area contributed by atoms with E-state index in [0.29, 0.717) is 19.6 Å². The molecule has 0 atom stereocenters. The van der Waals surface area contributed by atoms with Crippen molar-refractivity contribution < 1.29 is 9.53 Å². The van der Waals surface area contributed by atoms with E-state index < -0.39 is 0 Å². The summed E-state index contributed by atoms with van der Waals surface area (Å²) in [6, 6.07) is 14.5. The van der Waals surface area contributed by atoms with Crippen molar-refractivity contribution in [1.82, 2.24) is 14.8 Å². The molecule has 0 bridgehead atoms. The molecule has 4 rings (SSSR count). The van der Waals surface area contributed by atoms with E-state index in [-0.39, 0.29) is 23.9 Å². The van der Waals surface area contributed by atoms with Crippen molar-refractivity contribution in [1.29, 1.82) is 0 Å². The Kier molecular flexibility index (Phi) is 7.64. The van der Waals surface area contributed by atoms with Crippen molar-refractivity contribution in [3.63, 3.8) is 0 Å². The number of pyridine rings is 1. The average Bonchev–Trinajstić information content (AvgIpc) is 2.75. The van der Waals surface area contributed by atoms with Crippen molar-refractivity contribution in [2.45, 2.75) is 31.3 Å². The van der Waals surface area contributed by atoms with Crippen molar-refractivity contribution >= 4 is 18.3 Å². The molecule has 1 amide bonds. The molecule has 2 aliphatic heterocycles. The Bertz CT molecular complexity index is 764. The minimum atomic E-state index is -0.161. The summed E-state index contributed by atoms with van der Waals surface area (Å²) in [5, 5.41) is 0. The number of benzene rings is 1. The summed E-state index contributed by atoms with van der Waals surface area (Å²) in [7, 11) is 0. The largest absolute Gasteiger partial charge is 0.371 e. The standard InChI is InChI=1S/C23H29N3O2.ClH/c27-22(17-21-7-4-11-24-18-21)26-15-16-28-23(19-26)9-13-25(14-10-23)12-8-20-5-2-1-3-6-20;/h1-7,11,18H,8-10,12-17,19H2;1H. The van der Waals surface area contributed by atoms with Crippen LogP contribution in [0.3, 0.4) is 0 Å². The maximum Gasteiger partial charge on any atom is 0.227 e. The molecule has 5 nitrogen and oxygen atoms in total. The van der Waals surface area contributed by atoms with Gasteiger partial charge in [-0.15, -0.1) is 12.4 Å². The maximum absolute atomic E-state index is 12.7. The molecule has 2 aromatic rings. The first-order valence-corrected chi connectivity index (χ1v) is 10.3. The molecule has 3 heterocycles. The average molecular weight is 416 g/mol. The summed E-state index contributed by atoms with van der Waals surface area (Å²) in [6.45, 7) is 5.22. The molecule has 2 saturated heterocycles. The van der Waals surface area contributed by atoms with Gasteiger partial charge in [0.1, 0.15) is 0 Å². The number of morpholine rings is 1. The van der Waals surface area contributed by atoms with Gasteiger partial charge in [0, 0.05) is 45.1 Å². The molecule has 0 unspecified atom stereocenters. The van der Waals surface area contributed by atoms with Crippen molar-refractivity contribution in [3.05, 3.63) is 66.0 Å². The molecule has 156 valence electrons. The first kappa shape index (κ1) is 21.8. The molecule has 6 heteroatoms. The normalized spacial score (nSPS) is 19.0. The Morgan fingerprint density at radius 1 is 1.03 bits per heavy atom. The molecule has 1 aromatic carbocycles. The molecule has 1 spiro atoms. The number of carbonyl (C=O) groups excluding carboxylic acids is 1. The number of nitrogens with zero attached hydrogens (tertiary/aromatic N) is 3. The predicted octanol–water partition coefficient (Wildman–Crippen LogP) is 2.98. The Balaban J connectivity index is 0.00000240. The van der Waals surface area contributed by atoms with Crippen LogP contribution in [0.1, 0.15) is 24.0 Å². The quantitative estimate of drug-likeness (QED) is 0.753. The van der Waals surface area contributed by atoms with Gasteiger partial charge in [-0.2, -0.15) is 0 Å². The lowest BCUT2D eigenvalue weighted by Crippen LogP contribution is -2.58. The smallest absolute Gasteiger partial charge is 0.227 e. The third-order valence-corrected chi connectivity index (χ3v) is 6.01. The van der Waals surface area contributed by atoms with Crippen LogP contribution in [-0.4, -0.2) is 65.6 Å². The van der Waals surface area contributed by atoms with E-state index >= 15 is 0 Å². The van der Waals surface area contributed by atoms with Crippen LogP contribution in [0.4, 0.5) is 0 Å². The van der Waals surface area contributed by atoms with Gasteiger partial charge in [-0.25, -0.2) is 0 Å². The second-order valence-corrected chi connectivity index (χ2v) is 7.96. The number of aromatic nitrogens is 1. The van der Waals surface area contributed by atoms with E-state index in [9.17, 15) is 4.79 Å². The predicted molar refractivity (Wildman–Crippen MR) is 116 cm³/mol. The van der Waals surface area contributed by atoms with Gasteiger partial charge < -0.3 is 14.5 Å². The minimum Gasteiger partial charge on any atom is -0.371 e. The number of rotatable bonds is 5. The number of likely N-dealkylation sites (tertiary alicyclic amines) is 1. The number of amides is 1. The van der Waals surface area contributed by atoms with Crippen LogP contribution in [0.2, 0.25) is 0 Å². The molecule has 0 aliphatic carbocycles. The monoisotopic (exact) mass is 415 g/mol. The maximum atomic E-state index is 12.7. The zero-order chi connectivity index (χ0) is 19.2. The zero-order valence-electron chi connectivity index (χ0n) is 16.8. The minimum absolute atomic E-state index is 0. The van der Waals surface area contributed by atoms with E-state index in [0.717, 1.165) is 51.0 Å². The lowest BCUT2D eigenvalue weighted by atomic mass is 9.89. The van der Waals surface area contributed by atoms with Crippen LogP contribution in [0.15, 0.2) is 54.9 Å². The molecule has 0 radical (unpaired) electrons. The fourth-order valence-electron chi connectivity index (χ4n) is 4.27. The molecule has 29 heavy (non-hydrogen) atoms. The summed E-state index contributed by atoms with van der Waals surface area (Å²) in [5.41, 5.74) is 2.21. The van der Waals surface area contributed by atoms with Gasteiger partial charge in [-0.3, -0.25) is 9.78 Å². The highest BCUT2D eigenvalue weighted by Gasteiger charge is 2.40. The van der Waals surface area contributed by atoms with Crippen LogP contribution in [0.25, 0.3) is 0 Å². The van der Waals surface area contributed by atoms with Gasteiger partial charge in [-0.05, 0) is 36.5 Å². The summed E-state index contributed by atoms with van der Waals surface area (Å²) in [6.07, 6.45) is 7.02. The Morgan fingerprint density at radius 3 is 2.52 bits per heavy atom. The number of ether oxygens (including phenoxy) is 1. The number of hydrogen-bond acceptors (Lipinski definition) is 4. The lowest BCUT2D eigenvalue weighted by molar-refractivity contribution is -0.158. The molecule has 0 saturated carbocycles. The van der Waals surface area contributed by atoms with Crippen LogP contribution >= 0.6 is 12.4 Å². The Hall–Kier alpha value is -1.95. The van der Waals surface area contributed by atoms with Gasteiger partial charge in [0.05, 0.1) is 18.6 Å². The fourth-order valence-corrected chi connectivity index (χ4v) is 4.27. The van der Waals surface area contributed by atoms with Gasteiger partial charge in [0.2, 0.25) is 5.91 Å². The summed E-state index contributed by atoms with van der Waals surface area (Å²) < 4.78 is 6.22. The highest BCUT2D eigenvalue weighted by molar-refractivity contribution is 5.85. The second-order valence-electron chi connectivity index (χ2n) is 7.96. The SMILES string of the molecule is Cl.O=C(Cc1cccnc1)N1CCOC2(CCN(CCc3ccccc3)CC2)C1. The molecule has 2 fully saturated rings. The topological polar surface area (TPSA) is 45.7 Å². The van der Waals surface area contributed by atoms with Gasteiger partial charge in [0.15, 0.2) is 0 Å². The third kappa shape index (κ3) is 5.78. The molecule has 1 aromatic heterocycles. The molecular weight excluding hydrogens is 386 g/mol. The van der Waals surface area contributed by atoms with Crippen LogP contribution in [-0.2, 0) is 22.4 Å². The third-order valence-electron chi connectivity index (χ3n) is 6.01. The van der Waals surface area contributed by atoms with E-state index in [1.165, 1.54) is 5.56 Å². The highest BCUT2D eigenvalue weighted by atomic mass is 35.5. The van der Waals surface area contributed by atoms with Crippen LogP contribution in [0.5, 0.6) is 0 Å². The first-order chi connectivity index (χ1) is 13.7. The molecular formula is C23H30ClN3O2. The summed E-state index contributed by atoms with van der Waals surface area (Å²) in [4.78, 5) is 21.4. The van der Waals surface area contributed by atoms with E-state index in [4.69, 9.17) is 4.74 Å². The number of halogens is 1. The molecule has 2 aliphatic rings. The molecule has 0 N–H and O–H groups in total. The number of hydrogen-bond donors (Lipinski definition) is 0. The lowest BCUT2D eigenvalue weighted by Gasteiger charge is -2.47. The Morgan fingerprint density at radius 2 is 1.79 bits per heavy atom. The van der Waals surface area contributed by atoms with Gasteiger partial charge >= 0.3 is 0 Å². The van der Waals surface area contributed by atoms with Gasteiger partial charge in [-0.1, -0.05) is 36.4 Å². The fraction of sp³-hybridized carbons (Fsp3) is 0.478. The Labute approximate surface area is 179 Å². The number of carbonyl (C=O) groups is 1. The van der Waals surface area contributed by atoms with E-state index in [1.807, 2.05) is 17.0 Å². The second kappa shape index (κ2) is 10.2. The van der Waals surface area contributed by atoms with Crippen LogP contribution in [0, 0.1) is 0 Å². The van der Waals surface area contributed by atoms with E-state index in [2.05, 4.69) is 40.2 Å². The van der Waals surface area contributed by atoms with Crippen molar-refractivity contribution in [2.75, 3.05) is 39.3 Å². The first-order valence-electron chi connectivity index (χ1n) is 10.3.